The van der Waals surface area contributed by atoms with E-state index in [1.165, 1.54) is 0 Å². The number of unbranched alkanes of at least 4 members (excludes halogenated alkanes) is 3. The summed E-state index contributed by atoms with van der Waals surface area (Å²) in [7, 11) is 0. The number of hydrogen-bond donors (Lipinski definition) is 3. The van der Waals surface area contributed by atoms with Gasteiger partial charge in [0, 0.05) is 12.1 Å². The molecule has 3 N–H and O–H groups in total. The molecule has 0 saturated carbocycles. The van der Waals surface area contributed by atoms with Crippen LogP contribution in [0.1, 0.15) is 44.6 Å². The van der Waals surface area contributed by atoms with Crippen molar-refractivity contribution in [2.24, 2.45) is 0 Å². The summed E-state index contributed by atoms with van der Waals surface area (Å²) in [6.45, 7) is 4.11. The minimum absolute atomic E-state index is 0.182. The van der Waals surface area contributed by atoms with Gasteiger partial charge in [-0.25, -0.2) is 0 Å². The van der Waals surface area contributed by atoms with Crippen LogP contribution in [0.5, 0.6) is 0 Å². The SMILES string of the molecule is CCCCCCC(=O)N[C@H](NC(=S)Nc1ccc(C)cc1)C(Cl)(Cl)Cl. The van der Waals surface area contributed by atoms with Gasteiger partial charge in [0.2, 0.25) is 9.70 Å². The van der Waals surface area contributed by atoms with Crippen molar-refractivity contribution in [3.8, 4) is 0 Å². The van der Waals surface area contributed by atoms with Gasteiger partial charge in [-0.1, -0.05) is 78.7 Å². The topological polar surface area (TPSA) is 53.2 Å². The summed E-state index contributed by atoms with van der Waals surface area (Å²) in [6.07, 6.45) is 3.48. The van der Waals surface area contributed by atoms with Crippen molar-refractivity contribution >= 4 is 63.7 Å². The predicted molar refractivity (Wildman–Crippen MR) is 112 cm³/mol. The van der Waals surface area contributed by atoms with Gasteiger partial charge in [0.15, 0.2) is 5.11 Å². The van der Waals surface area contributed by atoms with E-state index in [1.807, 2.05) is 31.2 Å². The molecule has 0 radical (unpaired) electrons. The molecule has 1 aromatic rings. The van der Waals surface area contributed by atoms with Crippen molar-refractivity contribution in [2.75, 3.05) is 5.32 Å². The Labute approximate surface area is 170 Å². The van der Waals surface area contributed by atoms with E-state index in [1.54, 1.807) is 0 Å². The van der Waals surface area contributed by atoms with Crippen molar-refractivity contribution in [3.63, 3.8) is 0 Å². The van der Waals surface area contributed by atoms with Crippen molar-refractivity contribution in [2.45, 2.75) is 55.9 Å². The average Bonchev–Trinajstić information content (AvgIpc) is 2.52. The maximum atomic E-state index is 12.0. The van der Waals surface area contributed by atoms with E-state index in [9.17, 15) is 4.79 Å². The fourth-order valence-electron chi connectivity index (χ4n) is 2.08. The molecule has 140 valence electrons. The van der Waals surface area contributed by atoms with Crippen LogP contribution < -0.4 is 16.0 Å². The summed E-state index contributed by atoms with van der Waals surface area (Å²) in [5.41, 5.74) is 1.94. The Balaban J connectivity index is 2.56. The van der Waals surface area contributed by atoms with Crippen LogP contribution >= 0.6 is 47.0 Å². The Bertz CT molecular complexity index is 561. The highest BCUT2D eigenvalue weighted by atomic mass is 35.6. The van der Waals surface area contributed by atoms with Crippen LogP contribution in [0, 0.1) is 6.92 Å². The molecule has 25 heavy (non-hydrogen) atoms. The van der Waals surface area contributed by atoms with E-state index in [-0.39, 0.29) is 11.0 Å². The molecule has 1 rings (SSSR count). The van der Waals surface area contributed by atoms with Crippen LogP contribution in [0.15, 0.2) is 24.3 Å². The van der Waals surface area contributed by atoms with Crippen molar-refractivity contribution in [1.82, 2.24) is 10.6 Å². The molecule has 0 bridgehead atoms. The zero-order chi connectivity index (χ0) is 18.9. The van der Waals surface area contributed by atoms with Gasteiger partial charge < -0.3 is 16.0 Å². The molecule has 4 nitrogen and oxygen atoms in total. The van der Waals surface area contributed by atoms with Gasteiger partial charge in [-0.15, -0.1) is 0 Å². The molecular weight excluding hydrogens is 401 g/mol. The van der Waals surface area contributed by atoms with Gasteiger partial charge in [0.1, 0.15) is 6.17 Å². The quantitative estimate of drug-likeness (QED) is 0.236. The minimum Gasteiger partial charge on any atom is -0.339 e. The second-order valence-corrected chi connectivity index (χ2v) is 8.59. The minimum atomic E-state index is -1.74. The van der Waals surface area contributed by atoms with Gasteiger partial charge in [0.05, 0.1) is 0 Å². The number of aryl methyl sites for hydroxylation is 1. The first kappa shape index (κ1) is 22.3. The average molecular weight is 425 g/mol. The van der Waals surface area contributed by atoms with E-state index in [0.717, 1.165) is 36.9 Å². The summed E-state index contributed by atoms with van der Waals surface area (Å²) >= 11 is 23.1. The van der Waals surface area contributed by atoms with Gasteiger partial charge in [-0.2, -0.15) is 0 Å². The van der Waals surface area contributed by atoms with Gasteiger partial charge in [-0.05, 0) is 37.7 Å². The molecule has 0 saturated heterocycles. The maximum Gasteiger partial charge on any atom is 0.228 e. The highest BCUT2D eigenvalue weighted by Gasteiger charge is 2.34. The fourth-order valence-corrected chi connectivity index (χ4v) is 2.64. The summed E-state index contributed by atoms with van der Waals surface area (Å²) < 4.78 is -1.74. The van der Waals surface area contributed by atoms with Crippen LogP contribution in [0.2, 0.25) is 0 Å². The molecule has 0 spiro atoms. The molecule has 0 fully saturated rings. The van der Waals surface area contributed by atoms with Crippen LogP contribution in [0.4, 0.5) is 5.69 Å². The Morgan fingerprint density at radius 3 is 2.32 bits per heavy atom. The number of rotatable bonds is 8. The number of halogens is 3. The molecule has 0 aliphatic heterocycles. The number of alkyl halides is 3. The van der Waals surface area contributed by atoms with Crippen molar-refractivity contribution < 1.29 is 4.79 Å². The lowest BCUT2D eigenvalue weighted by molar-refractivity contribution is -0.122. The first-order valence-electron chi connectivity index (χ1n) is 8.22. The second kappa shape index (κ2) is 11.1. The Hall–Kier alpha value is -0.750. The van der Waals surface area contributed by atoms with Crippen LogP contribution in [-0.4, -0.2) is 21.0 Å². The van der Waals surface area contributed by atoms with Crippen LogP contribution in [-0.2, 0) is 4.79 Å². The van der Waals surface area contributed by atoms with E-state index in [0.29, 0.717) is 6.42 Å². The highest BCUT2D eigenvalue weighted by molar-refractivity contribution is 7.80. The first-order valence-corrected chi connectivity index (χ1v) is 9.77. The van der Waals surface area contributed by atoms with Gasteiger partial charge >= 0.3 is 0 Å². The Morgan fingerprint density at radius 1 is 1.12 bits per heavy atom. The third-order valence-corrected chi connectivity index (χ3v) is 4.35. The number of benzene rings is 1. The number of anilines is 1. The first-order chi connectivity index (χ1) is 11.7. The molecule has 0 aliphatic carbocycles. The summed E-state index contributed by atoms with van der Waals surface area (Å²) in [4.78, 5) is 12.0. The number of hydrogen-bond acceptors (Lipinski definition) is 2. The number of amides is 1. The number of nitrogens with one attached hydrogen (secondary N) is 3. The summed E-state index contributed by atoms with van der Waals surface area (Å²) in [5, 5.41) is 8.79. The lowest BCUT2D eigenvalue weighted by atomic mass is 10.1. The normalized spacial score (nSPS) is 12.4. The molecule has 0 aliphatic rings. The lowest BCUT2D eigenvalue weighted by Gasteiger charge is -2.27. The number of thiocarbonyl (C=S) groups is 1. The monoisotopic (exact) mass is 423 g/mol. The zero-order valence-corrected chi connectivity index (χ0v) is 17.5. The van der Waals surface area contributed by atoms with E-state index in [4.69, 9.17) is 47.0 Å². The standard InChI is InChI=1S/C17H24Cl3N3OS/c1-3-4-5-6-7-14(24)22-15(17(18,19)20)23-16(25)21-13-10-8-12(2)9-11-13/h8-11,15H,3-7H2,1-2H3,(H,22,24)(H2,21,23,25)/t15-/m1/s1. The van der Waals surface area contributed by atoms with Crippen LogP contribution in [0.25, 0.3) is 0 Å². The number of carbonyl (C=O) groups excluding carboxylic acids is 1. The lowest BCUT2D eigenvalue weighted by Crippen LogP contribution is -2.56. The third kappa shape index (κ3) is 9.50. The molecule has 1 atom stereocenters. The molecule has 0 heterocycles. The van der Waals surface area contributed by atoms with Crippen LogP contribution in [0.3, 0.4) is 0 Å². The molecule has 0 unspecified atom stereocenters. The smallest absolute Gasteiger partial charge is 0.228 e. The van der Waals surface area contributed by atoms with Crippen molar-refractivity contribution in [1.29, 1.82) is 0 Å². The van der Waals surface area contributed by atoms with E-state index < -0.39 is 9.96 Å². The number of carbonyl (C=O) groups is 1. The molecule has 0 aromatic heterocycles. The largest absolute Gasteiger partial charge is 0.339 e. The molecular formula is C17H24Cl3N3OS. The van der Waals surface area contributed by atoms with Gasteiger partial charge in [-0.3, -0.25) is 4.79 Å². The third-order valence-electron chi connectivity index (χ3n) is 3.47. The predicted octanol–water partition coefficient (Wildman–Crippen LogP) is 5.06. The fraction of sp³-hybridized carbons (Fsp3) is 0.529. The summed E-state index contributed by atoms with van der Waals surface area (Å²) in [6, 6.07) is 7.69. The molecule has 8 heteroatoms. The summed E-state index contributed by atoms with van der Waals surface area (Å²) in [5.74, 6) is -0.182. The van der Waals surface area contributed by atoms with E-state index >= 15 is 0 Å². The van der Waals surface area contributed by atoms with Crippen molar-refractivity contribution in [3.05, 3.63) is 29.8 Å². The second-order valence-electron chi connectivity index (χ2n) is 5.82. The Morgan fingerprint density at radius 2 is 1.76 bits per heavy atom. The van der Waals surface area contributed by atoms with E-state index in [2.05, 4.69) is 22.9 Å². The highest BCUT2D eigenvalue weighted by Crippen LogP contribution is 2.29. The van der Waals surface area contributed by atoms with Gasteiger partial charge in [0.25, 0.3) is 0 Å². The maximum absolute atomic E-state index is 12.0. The Kier molecular flexibility index (Phi) is 9.87. The zero-order valence-electron chi connectivity index (χ0n) is 14.4. The molecule has 1 aromatic carbocycles. The molecule has 1 amide bonds.